The van der Waals surface area contributed by atoms with Gasteiger partial charge in [0, 0.05) is 0 Å². The SMILES string of the molecule is CCCCc1ccc(S(=O)(=O)Nc2ccc(C)c(F)c2)cc1. The molecule has 22 heavy (non-hydrogen) atoms. The highest BCUT2D eigenvalue weighted by Crippen LogP contribution is 2.19. The van der Waals surface area contributed by atoms with Crippen molar-refractivity contribution in [3.63, 3.8) is 0 Å². The van der Waals surface area contributed by atoms with E-state index in [-0.39, 0.29) is 10.6 Å². The summed E-state index contributed by atoms with van der Waals surface area (Å²) in [5.74, 6) is -0.435. The van der Waals surface area contributed by atoms with Crippen molar-refractivity contribution in [1.29, 1.82) is 0 Å². The summed E-state index contributed by atoms with van der Waals surface area (Å²) in [4.78, 5) is 0.175. The van der Waals surface area contributed by atoms with Gasteiger partial charge in [0.15, 0.2) is 0 Å². The fourth-order valence-corrected chi connectivity index (χ4v) is 3.14. The normalized spacial score (nSPS) is 11.4. The number of unbranched alkanes of at least 4 members (excludes halogenated alkanes) is 1. The molecule has 0 saturated heterocycles. The molecule has 2 rings (SSSR count). The Morgan fingerprint density at radius 3 is 2.36 bits per heavy atom. The summed E-state index contributed by atoms with van der Waals surface area (Å²) in [5.41, 5.74) is 1.81. The largest absolute Gasteiger partial charge is 0.280 e. The predicted octanol–water partition coefficient (Wildman–Crippen LogP) is 4.28. The van der Waals surface area contributed by atoms with Gasteiger partial charge in [-0.25, -0.2) is 12.8 Å². The van der Waals surface area contributed by atoms with E-state index in [0.29, 0.717) is 5.56 Å². The molecule has 0 fully saturated rings. The van der Waals surface area contributed by atoms with Gasteiger partial charge in [-0.05, 0) is 55.2 Å². The average Bonchev–Trinajstić information content (AvgIpc) is 2.49. The van der Waals surface area contributed by atoms with E-state index in [1.54, 1.807) is 31.2 Å². The van der Waals surface area contributed by atoms with Crippen LogP contribution < -0.4 is 4.72 Å². The van der Waals surface area contributed by atoms with Crippen LogP contribution in [0.25, 0.3) is 0 Å². The molecular weight excluding hydrogens is 301 g/mol. The van der Waals surface area contributed by atoms with Crippen molar-refractivity contribution in [3.05, 3.63) is 59.4 Å². The minimum absolute atomic E-state index is 0.175. The van der Waals surface area contributed by atoms with Crippen LogP contribution >= 0.6 is 0 Å². The standard InChI is InChI=1S/C17H20FNO2S/c1-3-4-5-14-7-10-16(11-8-14)22(20,21)19-15-9-6-13(2)17(18)12-15/h6-12,19H,3-5H2,1-2H3. The van der Waals surface area contributed by atoms with E-state index < -0.39 is 15.8 Å². The Morgan fingerprint density at radius 2 is 1.77 bits per heavy atom. The molecule has 0 spiro atoms. The van der Waals surface area contributed by atoms with E-state index in [4.69, 9.17) is 0 Å². The first-order valence-electron chi connectivity index (χ1n) is 7.30. The number of hydrogen-bond acceptors (Lipinski definition) is 2. The Kier molecular flexibility index (Phi) is 5.19. The van der Waals surface area contributed by atoms with Crippen molar-refractivity contribution in [3.8, 4) is 0 Å². The molecule has 0 aliphatic carbocycles. The van der Waals surface area contributed by atoms with Crippen molar-refractivity contribution >= 4 is 15.7 Å². The van der Waals surface area contributed by atoms with Crippen molar-refractivity contribution < 1.29 is 12.8 Å². The van der Waals surface area contributed by atoms with Gasteiger partial charge in [0.2, 0.25) is 0 Å². The summed E-state index contributed by atoms with van der Waals surface area (Å²) in [7, 11) is -3.70. The molecular formula is C17H20FNO2S. The molecule has 2 aromatic carbocycles. The van der Waals surface area contributed by atoms with Crippen molar-refractivity contribution in [1.82, 2.24) is 0 Å². The summed E-state index contributed by atoms with van der Waals surface area (Å²) in [6.07, 6.45) is 3.11. The summed E-state index contributed by atoms with van der Waals surface area (Å²) < 4.78 is 40.5. The number of benzene rings is 2. The van der Waals surface area contributed by atoms with Crippen LogP contribution in [-0.2, 0) is 16.4 Å². The molecule has 118 valence electrons. The quantitative estimate of drug-likeness (QED) is 0.863. The van der Waals surface area contributed by atoms with Gasteiger partial charge in [0.05, 0.1) is 10.6 Å². The van der Waals surface area contributed by atoms with Crippen molar-refractivity contribution in [2.24, 2.45) is 0 Å². The first-order valence-corrected chi connectivity index (χ1v) is 8.78. The Morgan fingerprint density at radius 1 is 1.09 bits per heavy atom. The van der Waals surface area contributed by atoms with Crippen LogP contribution in [0.3, 0.4) is 0 Å². The van der Waals surface area contributed by atoms with Crippen molar-refractivity contribution in [2.75, 3.05) is 4.72 Å². The third-order valence-electron chi connectivity index (χ3n) is 3.48. The topological polar surface area (TPSA) is 46.2 Å². The molecule has 0 atom stereocenters. The highest BCUT2D eigenvalue weighted by molar-refractivity contribution is 7.92. The van der Waals surface area contributed by atoms with Crippen LogP contribution in [0.15, 0.2) is 47.4 Å². The number of sulfonamides is 1. The van der Waals surface area contributed by atoms with Crippen LogP contribution in [0.1, 0.15) is 30.9 Å². The minimum Gasteiger partial charge on any atom is -0.280 e. The lowest BCUT2D eigenvalue weighted by Gasteiger charge is -2.09. The molecule has 3 nitrogen and oxygen atoms in total. The highest BCUT2D eigenvalue weighted by Gasteiger charge is 2.14. The second kappa shape index (κ2) is 6.92. The first kappa shape index (κ1) is 16.5. The van der Waals surface area contributed by atoms with Gasteiger partial charge in [0.25, 0.3) is 10.0 Å². The van der Waals surface area contributed by atoms with Gasteiger partial charge in [0.1, 0.15) is 5.82 Å². The third kappa shape index (κ3) is 4.07. The molecule has 0 radical (unpaired) electrons. The molecule has 5 heteroatoms. The molecule has 0 saturated carbocycles. The Bertz CT molecular complexity index is 740. The predicted molar refractivity (Wildman–Crippen MR) is 87.0 cm³/mol. The monoisotopic (exact) mass is 321 g/mol. The maximum Gasteiger partial charge on any atom is 0.261 e. The zero-order chi connectivity index (χ0) is 16.2. The highest BCUT2D eigenvalue weighted by atomic mass is 32.2. The smallest absolute Gasteiger partial charge is 0.261 e. The van der Waals surface area contributed by atoms with Crippen molar-refractivity contribution in [2.45, 2.75) is 38.0 Å². The van der Waals surface area contributed by atoms with Crippen LogP contribution in [0.4, 0.5) is 10.1 Å². The Balaban J connectivity index is 2.17. The lowest BCUT2D eigenvalue weighted by molar-refractivity contribution is 0.601. The van der Waals surface area contributed by atoms with E-state index in [2.05, 4.69) is 11.6 Å². The van der Waals surface area contributed by atoms with Gasteiger partial charge in [-0.3, -0.25) is 4.72 Å². The second-order valence-corrected chi connectivity index (χ2v) is 7.00. The van der Waals surface area contributed by atoms with Gasteiger partial charge >= 0.3 is 0 Å². The first-order chi connectivity index (χ1) is 10.4. The molecule has 2 aromatic rings. The van der Waals surface area contributed by atoms with Gasteiger partial charge < -0.3 is 0 Å². The number of anilines is 1. The van der Waals surface area contributed by atoms with Gasteiger partial charge in [-0.2, -0.15) is 0 Å². The van der Waals surface area contributed by atoms with Crippen LogP contribution in [0, 0.1) is 12.7 Å². The van der Waals surface area contributed by atoms with E-state index in [9.17, 15) is 12.8 Å². The molecule has 0 aliphatic rings. The minimum atomic E-state index is -3.70. The second-order valence-electron chi connectivity index (χ2n) is 5.32. The van der Waals surface area contributed by atoms with Crippen LogP contribution in [0.2, 0.25) is 0 Å². The Labute approximate surface area is 131 Å². The molecule has 0 heterocycles. The molecule has 0 bridgehead atoms. The molecule has 0 amide bonds. The number of hydrogen-bond donors (Lipinski definition) is 1. The fourth-order valence-electron chi connectivity index (χ4n) is 2.09. The number of rotatable bonds is 6. The maximum absolute atomic E-state index is 13.5. The van der Waals surface area contributed by atoms with E-state index in [1.165, 1.54) is 6.07 Å². The van der Waals surface area contributed by atoms with Crippen LogP contribution in [0.5, 0.6) is 0 Å². The van der Waals surface area contributed by atoms with E-state index >= 15 is 0 Å². The molecule has 0 aromatic heterocycles. The summed E-state index contributed by atoms with van der Waals surface area (Å²) in [5, 5.41) is 0. The summed E-state index contributed by atoms with van der Waals surface area (Å²) in [6, 6.07) is 11.1. The molecule has 1 N–H and O–H groups in total. The molecule has 0 unspecified atom stereocenters. The number of aryl methyl sites for hydroxylation is 2. The van der Waals surface area contributed by atoms with E-state index in [1.807, 2.05) is 12.1 Å². The number of halogens is 1. The average molecular weight is 321 g/mol. The summed E-state index contributed by atoms with van der Waals surface area (Å²) >= 11 is 0. The summed E-state index contributed by atoms with van der Waals surface area (Å²) in [6.45, 7) is 3.74. The lowest BCUT2D eigenvalue weighted by atomic mass is 10.1. The molecule has 0 aliphatic heterocycles. The Hall–Kier alpha value is -1.88. The van der Waals surface area contributed by atoms with Gasteiger partial charge in [-0.15, -0.1) is 0 Å². The fraction of sp³-hybridized carbons (Fsp3) is 0.294. The maximum atomic E-state index is 13.5. The third-order valence-corrected chi connectivity index (χ3v) is 4.87. The lowest BCUT2D eigenvalue weighted by Crippen LogP contribution is -2.13. The van der Waals surface area contributed by atoms with E-state index in [0.717, 1.165) is 24.8 Å². The zero-order valence-electron chi connectivity index (χ0n) is 12.8. The van der Waals surface area contributed by atoms with Gasteiger partial charge in [-0.1, -0.05) is 31.5 Å². The van der Waals surface area contributed by atoms with Crippen LogP contribution in [-0.4, -0.2) is 8.42 Å². The number of nitrogens with one attached hydrogen (secondary N) is 1. The zero-order valence-corrected chi connectivity index (χ0v) is 13.6.